The molecule has 1 saturated heterocycles. The Morgan fingerprint density at radius 1 is 1.14 bits per heavy atom. The highest BCUT2D eigenvalue weighted by molar-refractivity contribution is 7.90. The average Bonchev–Trinajstić information content (AvgIpc) is 3.14. The van der Waals surface area contributed by atoms with Gasteiger partial charge in [-0.2, -0.15) is 0 Å². The largest absolute Gasteiger partial charge is 0.493 e. The monoisotopic (exact) mass is 526 g/mol. The van der Waals surface area contributed by atoms with E-state index in [4.69, 9.17) is 14.5 Å². The van der Waals surface area contributed by atoms with E-state index in [-0.39, 0.29) is 11.1 Å². The standard InChI is InChI=1S/C26H30N4O6S/c1-16-13-15-30(26(16,2)3)23-18(24(31)29-37(33,34)21-10-7-14-27-25(21)32)11-12-19(28-23)17-8-6-9-20(35-4)22(17)36-5/h6-12,14,16H,13,15H2,1-5H3,(H,27,32)(H,29,31). The zero-order chi connectivity index (χ0) is 27.0. The highest BCUT2D eigenvalue weighted by atomic mass is 32.2. The summed E-state index contributed by atoms with van der Waals surface area (Å²) in [6.45, 7) is 6.88. The molecule has 37 heavy (non-hydrogen) atoms. The lowest BCUT2D eigenvalue weighted by Crippen LogP contribution is -2.44. The Morgan fingerprint density at radius 3 is 2.51 bits per heavy atom. The molecule has 4 rings (SSSR count). The lowest BCUT2D eigenvalue weighted by Gasteiger charge is -2.36. The summed E-state index contributed by atoms with van der Waals surface area (Å²) in [5, 5.41) is 0. The minimum atomic E-state index is -4.43. The second-order valence-corrected chi connectivity index (χ2v) is 11.1. The molecule has 0 saturated carbocycles. The summed E-state index contributed by atoms with van der Waals surface area (Å²) in [7, 11) is -1.35. The molecule has 1 aliphatic heterocycles. The number of para-hydroxylation sites is 1. The predicted octanol–water partition coefficient (Wildman–Crippen LogP) is 3.20. The van der Waals surface area contributed by atoms with Crippen LogP contribution in [0.25, 0.3) is 11.3 Å². The summed E-state index contributed by atoms with van der Waals surface area (Å²) in [5.74, 6) is 0.767. The quantitative estimate of drug-likeness (QED) is 0.480. The molecule has 0 spiro atoms. The zero-order valence-corrected chi connectivity index (χ0v) is 22.2. The number of carbonyl (C=O) groups excluding carboxylic acids is 1. The van der Waals surface area contributed by atoms with Crippen LogP contribution in [-0.4, -0.2) is 50.6 Å². The first-order chi connectivity index (χ1) is 17.5. The fourth-order valence-corrected chi connectivity index (χ4v) is 5.55. The Hall–Kier alpha value is -3.86. The van der Waals surface area contributed by atoms with Crippen LogP contribution in [0.3, 0.4) is 0 Å². The molecule has 0 bridgehead atoms. The van der Waals surface area contributed by atoms with Gasteiger partial charge in [0.2, 0.25) is 0 Å². The molecule has 2 aromatic heterocycles. The number of hydrogen-bond donors (Lipinski definition) is 2. The van der Waals surface area contributed by atoms with Crippen molar-refractivity contribution in [3.63, 3.8) is 0 Å². The summed E-state index contributed by atoms with van der Waals surface area (Å²) in [4.78, 5) is 34.1. The van der Waals surface area contributed by atoms with Crippen LogP contribution in [0.4, 0.5) is 5.82 Å². The van der Waals surface area contributed by atoms with E-state index in [1.54, 1.807) is 19.2 Å². The molecule has 1 unspecified atom stereocenters. The average molecular weight is 527 g/mol. The molecular weight excluding hydrogens is 496 g/mol. The van der Waals surface area contributed by atoms with Crippen LogP contribution in [0.1, 0.15) is 37.6 Å². The van der Waals surface area contributed by atoms with E-state index in [2.05, 4.69) is 25.8 Å². The zero-order valence-electron chi connectivity index (χ0n) is 21.4. The van der Waals surface area contributed by atoms with Gasteiger partial charge in [-0.25, -0.2) is 18.1 Å². The summed E-state index contributed by atoms with van der Waals surface area (Å²) in [6, 6.07) is 11.1. The van der Waals surface area contributed by atoms with Crippen molar-refractivity contribution in [3.05, 3.63) is 64.6 Å². The number of benzene rings is 1. The number of nitrogens with zero attached hydrogens (tertiary/aromatic N) is 2. The molecule has 2 N–H and O–H groups in total. The lowest BCUT2D eigenvalue weighted by atomic mass is 9.90. The second kappa shape index (κ2) is 9.89. The molecule has 1 amide bonds. The molecule has 1 atom stereocenters. The van der Waals surface area contributed by atoms with E-state index in [1.165, 1.54) is 25.4 Å². The molecule has 1 aliphatic rings. The molecule has 3 heterocycles. The van der Waals surface area contributed by atoms with Gasteiger partial charge in [-0.15, -0.1) is 0 Å². The van der Waals surface area contributed by atoms with Crippen molar-refractivity contribution in [2.24, 2.45) is 5.92 Å². The van der Waals surface area contributed by atoms with Crippen molar-refractivity contribution in [2.45, 2.75) is 37.6 Å². The van der Waals surface area contributed by atoms with Crippen LogP contribution in [0.5, 0.6) is 11.5 Å². The number of pyridine rings is 2. The van der Waals surface area contributed by atoms with Crippen molar-refractivity contribution < 1.29 is 22.7 Å². The third-order valence-corrected chi connectivity index (χ3v) is 8.39. The third-order valence-electron chi connectivity index (χ3n) is 7.04. The molecule has 1 aromatic carbocycles. The van der Waals surface area contributed by atoms with Crippen molar-refractivity contribution in [1.29, 1.82) is 0 Å². The molecule has 11 heteroatoms. The number of sulfonamides is 1. The maximum Gasteiger partial charge on any atom is 0.269 e. The Morgan fingerprint density at radius 2 is 1.89 bits per heavy atom. The number of ether oxygens (including phenoxy) is 2. The van der Waals surface area contributed by atoms with E-state index in [0.29, 0.717) is 41.0 Å². The van der Waals surface area contributed by atoms with E-state index < -0.39 is 26.4 Å². The van der Waals surface area contributed by atoms with E-state index in [0.717, 1.165) is 12.5 Å². The number of H-pyrrole nitrogens is 1. The van der Waals surface area contributed by atoms with Crippen LogP contribution in [0.15, 0.2) is 58.4 Å². The molecule has 0 radical (unpaired) electrons. The number of hydrogen-bond acceptors (Lipinski definition) is 8. The molecule has 10 nitrogen and oxygen atoms in total. The van der Waals surface area contributed by atoms with Crippen LogP contribution in [0, 0.1) is 5.92 Å². The van der Waals surface area contributed by atoms with Gasteiger partial charge in [0.15, 0.2) is 16.4 Å². The first-order valence-electron chi connectivity index (χ1n) is 11.8. The highest BCUT2D eigenvalue weighted by Crippen LogP contribution is 2.41. The van der Waals surface area contributed by atoms with Crippen molar-refractivity contribution in [2.75, 3.05) is 25.7 Å². The number of aromatic amines is 1. The SMILES string of the molecule is COc1cccc(-c2ccc(C(=O)NS(=O)(=O)c3ccc[nH]c3=O)c(N3CCC(C)C3(C)C)n2)c1OC. The number of carbonyl (C=O) groups is 1. The first-order valence-corrected chi connectivity index (χ1v) is 13.2. The Labute approximate surface area is 215 Å². The minimum Gasteiger partial charge on any atom is -0.493 e. The van der Waals surface area contributed by atoms with E-state index in [1.807, 2.05) is 21.8 Å². The summed E-state index contributed by atoms with van der Waals surface area (Å²) >= 11 is 0. The minimum absolute atomic E-state index is 0.0729. The molecule has 3 aromatic rings. The van der Waals surface area contributed by atoms with Crippen molar-refractivity contribution in [3.8, 4) is 22.8 Å². The van der Waals surface area contributed by atoms with Gasteiger partial charge in [0.25, 0.3) is 21.5 Å². The maximum absolute atomic E-state index is 13.4. The summed E-state index contributed by atoms with van der Waals surface area (Å²) in [6.07, 6.45) is 2.19. The van der Waals surface area contributed by atoms with Gasteiger partial charge in [-0.05, 0) is 62.6 Å². The number of rotatable bonds is 7. The number of nitrogens with one attached hydrogen (secondary N) is 2. The number of aromatic nitrogens is 2. The normalized spacial score (nSPS) is 16.9. The fraction of sp³-hybridized carbons (Fsp3) is 0.346. The number of amides is 1. The predicted molar refractivity (Wildman–Crippen MR) is 140 cm³/mol. The summed E-state index contributed by atoms with van der Waals surface area (Å²) in [5.41, 5.74) is 0.0811. The van der Waals surface area contributed by atoms with Gasteiger partial charge in [0.05, 0.1) is 25.5 Å². The summed E-state index contributed by atoms with van der Waals surface area (Å²) < 4.78 is 38.8. The number of methoxy groups -OCH3 is 2. The highest BCUT2D eigenvalue weighted by Gasteiger charge is 2.41. The first kappa shape index (κ1) is 26.2. The van der Waals surface area contributed by atoms with Crippen LogP contribution < -0.4 is 24.7 Å². The Kier molecular flexibility index (Phi) is 7.00. The van der Waals surface area contributed by atoms with Crippen LogP contribution >= 0.6 is 0 Å². The number of anilines is 1. The fourth-order valence-electron chi connectivity index (χ4n) is 4.53. The van der Waals surface area contributed by atoms with Gasteiger partial charge in [0, 0.05) is 23.8 Å². The topological polar surface area (TPSA) is 131 Å². The van der Waals surface area contributed by atoms with E-state index in [9.17, 15) is 18.0 Å². The van der Waals surface area contributed by atoms with Gasteiger partial charge < -0.3 is 19.4 Å². The lowest BCUT2D eigenvalue weighted by molar-refractivity contribution is 0.0981. The van der Waals surface area contributed by atoms with Crippen LogP contribution in [0.2, 0.25) is 0 Å². The Balaban J connectivity index is 1.84. The van der Waals surface area contributed by atoms with Crippen LogP contribution in [-0.2, 0) is 10.0 Å². The maximum atomic E-state index is 13.4. The third kappa shape index (κ3) is 4.78. The van der Waals surface area contributed by atoms with Crippen molar-refractivity contribution in [1.82, 2.24) is 14.7 Å². The van der Waals surface area contributed by atoms with Gasteiger partial charge in [-0.1, -0.05) is 13.0 Å². The van der Waals surface area contributed by atoms with E-state index >= 15 is 0 Å². The molecule has 1 fully saturated rings. The van der Waals surface area contributed by atoms with Gasteiger partial charge in [-0.3, -0.25) is 9.59 Å². The molecular formula is C26H30N4O6S. The van der Waals surface area contributed by atoms with Crippen molar-refractivity contribution >= 4 is 21.7 Å². The second-order valence-electron chi connectivity index (χ2n) is 9.40. The molecule has 196 valence electrons. The Bertz CT molecular complexity index is 1500. The smallest absolute Gasteiger partial charge is 0.269 e. The van der Waals surface area contributed by atoms with Gasteiger partial charge in [0.1, 0.15) is 5.82 Å². The van der Waals surface area contributed by atoms with Gasteiger partial charge >= 0.3 is 0 Å². The molecule has 0 aliphatic carbocycles.